The first-order valence-corrected chi connectivity index (χ1v) is 10.4. The van der Waals surface area contributed by atoms with Crippen molar-refractivity contribution in [2.24, 2.45) is 0 Å². The van der Waals surface area contributed by atoms with E-state index in [4.69, 9.17) is 18.0 Å². The Kier molecular flexibility index (Phi) is 8.09. The predicted molar refractivity (Wildman–Crippen MR) is 95.9 cm³/mol. The Hall–Kier alpha value is -1.21. The largest absolute Gasteiger partial charge is 0.505 e. The predicted octanol–water partition coefficient (Wildman–Crippen LogP) is 3.77. The van der Waals surface area contributed by atoms with Gasteiger partial charge in [0.05, 0.1) is 5.56 Å². The van der Waals surface area contributed by atoms with Crippen molar-refractivity contribution in [2.75, 3.05) is 19.8 Å². The fraction of sp³-hybridized carbons (Fsp3) is 0.611. The smallest absolute Gasteiger partial charge is 0.456 e. The third-order valence-electron chi connectivity index (χ3n) is 3.14. The molecule has 6 heteroatoms. The molecule has 0 unspecified atom stereocenters. The SMILES string of the molecule is CCO[Si](Cc1ccccc1C(=O)OC(C)(C)C)(OCC)OCC. The number of rotatable bonds is 9. The summed E-state index contributed by atoms with van der Waals surface area (Å²) in [7, 11) is -2.88. The average Bonchev–Trinajstić information content (AvgIpc) is 2.46. The van der Waals surface area contributed by atoms with E-state index in [-0.39, 0.29) is 5.97 Å². The van der Waals surface area contributed by atoms with Crippen LogP contribution in [0.15, 0.2) is 24.3 Å². The van der Waals surface area contributed by atoms with E-state index in [1.807, 2.05) is 59.7 Å². The van der Waals surface area contributed by atoms with E-state index in [9.17, 15) is 4.79 Å². The molecule has 1 rings (SSSR count). The molecule has 136 valence electrons. The van der Waals surface area contributed by atoms with Crippen LogP contribution in [-0.2, 0) is 24.1 Å². The van der Waals surface area contributed by atoms with Gasteiger partial charge in [-0.2, -0.15) is 0 Å². The molecule has 0 saturated carbocycles. The second kappa shape index (κ2) is 9.32. The van der Waals surface area contributed by atoms with Gasteiger partial charge < -0.3 is 18.0 Å². The number of ether oxygens (including phenoxy) is 1. The van der Waals surface area contributed by atoms with Crippen molar-refractivity contribution in [3.8, 4) is 0 Å². The minimum absolute atomic E-state index is 0.342. The van der Waals surface area contributed by atoms with Gasteiger partial charge in [-0.25, -0.2) is 4.79 Å². The molecule has 0 fully saturated rings. The van der Waals surface area contributed by atoms with Crippen molar-refractivity contribution in [2.45, 2.75) is 53.2 Å². The van der Waals surface area contributed by atoms with Gasteiger partial charge in [-0.05, 0) is 53.2 Å². The van der Waals surface area contributed by atoms with Crippen LogP contribution in [-0.4, -0.2) is 40.2 Å². The number of hydrogen-bond acceptors (Lipinski definition) is 5. The Balaban J connectivity index is 3.13. The quantitative estimate of drug-likeness (QED) is 0.499. The summed E-state index contributed by atoms with van der Waals surface area (Å²) in [6.07, 6.45) is 0. The fourth-order valence-electron chi connectivity index (χ4n) is 2.38. The molecular formula is C18H30O5Si. The van der Waals surface area contributed by atoms with Crippen LogP contribution in [0.25, 0.3) is 0 Å². The summed E-state index contributed by atoms with van der Waals surface area (Å²) in [5, 5.41) is 0. The molecule has 0 heterocycles. The van der Waals surface area contributed by atoms with Gasteiger partial charge in [-0.3, -0.25) is 0 Å². The maximum Gasteiger partial charge on any atom is 0.505 e. The Labute approximate surface area is 146 Å². The first-order valence-electron chi connectivity index (χ1n) is 8.50. The lowest BCUT2D eigenvalue weighted by Gasteiger charge is -2.29. The summed E-state index contributed by atoms with van der Waals surface area (Å²) in [6, 6.07) is 7.84. The zero-order valence-corrected chi connectivity index (χ0v) is 16.7. The molecule has 0 atom stereocenters. The third kappa shape index (κ3) is 6.35. The summed E-state index contributed by atoms with van der Waals surface area (Å²) in [6.45, 7) is 12.8. The van der Waals surface area contributed by atoms with E-state index in [1.54, 1.807) is 6.07 Å². The maximum atomic E-state index is 12.5. The van der Waals surface area contributed by atoms with Crippen molar-refractivity contribution in [3.63, 3.8) is 0 Å². The van der Waals surface area contributed by atoms with Crippen LogP contribution in [0, 0.1) is 0 Å². The second-order valence-electron chi connectivity index (χ2n) is 6.32. The summed E-state index contributed by atoms with van der Waals surface area (Å²) < 4.78 is 23.2. The lowest BCUT2D eigenvalue weighted by molar-refractivity contribution is 0.00684. The second-order valence-corrected chi connectivity index (χ2v) is 8.90. The minimum atomic E-state index is -2.88. The van der Waals surface area contributed by atoms with Crippen LogP contribution in [0.4, 0.5) is 0 Å². The topological polar surface area (TPSA) is 54.0 Å². The molecule has 0 bridgehead atoms. The van der Waals surface area contributed by atoms with Crippen molar-refractivity contribution in [1.29, 1.82) is 0 Å². The number of benzene rings is 1. The summed E-state index contributed by atoms with van der Waals surface area (Å²) in [4.78, 5) is 12.5. The van der Waals surface area contributed by atoms with Crippen molar-refractivity contribution in [1.82, 2.24) is 0 Å². The molecule has 0 aliphatic heterocycles. The summed E-state index contributed by atoms with van der Waals surface area (Å²) in [5.41, 5.74) is 0.815. The van der Waals surface area contributed by atoms with Crippen LogP contribution >= 0.6 is 0 Å². The zero-order valence-electron chi connectivity index (χ0n) is 15.7. The number of carbonyl (C=O) groups is 1. The van der Waals surface area contributed by atoms with Gasteiger partial charge in [0.25, 0.3) is 0 Å². The van der Waals surface area contributed by atoms with E-state index in [1.165, 1.54) is 0 Å². The van der Waals surface area contributed by atoms with Gasteiger partial charge >= 0.3 is 14.8 Å². The van der Waals surface area contributed by atoms with Crippen molar-refractivity contribution < 1.29 is 22.8 Å². The molecule has 1 aromatic rings. The molecule has 0 amide bonds. The number of carbonyl (C=O) groups excluding carboxylic acids is 1. The third-order valence-corrected chi connectivity index (χ3v) is 6.14. The van der Waals surface area contributed by atoms with Crippen molar-refractivity contribution >= 4 is 14.8 Å². The molecule has 0 saturated heterocycles. The average molecular weight is 355 g/mol. The molecular weight excluding hydrogens is 324 g/mol. The number of esters is 1. The Bertz CT molecular complexity index is 507. The highest BCUT2D eigenvalue weighted by Crippen LogP contribution is 2.22. The normalized spacial score (nSPS) is 12.2. The lowest BCUT2D eigenvalue weighted by atomic mass is 10.1. The minimum Gasteiger partial charge on any atom is -0.456 e. The Morgan fingerprint density at radius 1 is 0.958 bits per heavy atom. The Morgan fingerprint density at radius 2 is 1.46 bits per heavy atom. The van der Waals surface area contributed by atoms with E-state index >= 15 is 0 Å². The first-order chi connectivity index (χ1) is 11.3. The number of hydrogen-bond donors (Lipinski definition) is 0. The highest BCUT2D eigenvalue weighted by Gasteiger charge is 2.41. The van der Waals surface area contributed by atoms with Gasteiger partial charge in [0.2, 0.25) is 0 Å². The van der Waals surface area contributed by atoms with Crippen molar-refractivity contribution in [3.05, 3.63) is 35.4 Å². The summed E-state index contributed by atoms with van der Waals surface area (Å²) in [5.74, 6) is -0.342. The van der Waals surface area contributed by atoms with Crippen LogP contribution in [0.1, 0.15) is 57.5 Å². The molecule has 0 aliphatic carbocycles. The maximum absolute atomic E-state index is 12.5. The molecule has 0 N–H and O–H groups in total. The van der Waals surface area contributed by atoms with Gasteiger partial charge in [0.15, 0.2) is 0 Å². The fourth-order valence-corrected chi connectivity index (χ4v) is 5.03. The monoisotopic (exact) mass is 354 g/mol. The Morgan fingerprint density at radius 3 is 1.92 bits per heavy atom. The molecule has 5 nitrogen and oxygen atoms in total. The van der Waals surface area contributed by atoms with Crippen LogP contribution < -0.4 is 0 Å². The standard InChI is InChI=1S/C18H30O5Si/c1-7-20-24(21-8-2,22-9-3)14-15-12-10-11-13-16(15)17(19)23-18(4,5)6/h10-13H,7-9,14H2,1-6H3. The van der Waals surface area contributed by atoms with Crippen LogP contribution in [0.3, 0.4) is 0 Å². The van der Waals surface area contributed by atoms with E-state index in [0.717, 1.165) is 5.56 Å². The van der Waals surface area contributed by atoms with Gasteiger partial charge in [-0.15, -0.1) is 0 Å². The van der Waals surface area contributed by atoms with E-state index < -0.39 is 14.4 Å². The van der Waals surface area contributed by atoms with Gasteiger partial charge in [0.1, 0.15) is 5.60 Å². The molecule has 24 heavy (non-hydrogen) atoms. The molecule has 1 aromatic carbocycles. The van der Waals surface area contributed by atoms with Crippen LogP contribution in [0.5, 0.6) is 0 Å². The highest BCUT2D eigenvalue weighted by atomic mass is 28.4. The molecule has 0 aromatic heterocycles. The van der Waals surface area contributed by atoms with E-state index in [0.29, 0.717) is 31.4 Å². The summed E-state index contributed by atoms with van der Waals surface area (Å²) >= 11 is 0. The zero-order chi connectivity index (χ0) is 18.2. The lowest BCUT2D eigenvalue weighted by Crippen LogP contribution is -2.49. The molecule has 0 radical (unpaired) electrons. The van der Waals surface area contributed by atoms with Crippen LogP contribution in [0.2, 0.25) is 0 Å². The van der Waals surface area contributed by atoms with Gasteiger partial charge in [0, 0.05) is 25.9 Å². The molecule has 0 spiro atoms. The van der Waals surface area contributed by atoms with Gasteiger partial charge in [-0.1, -0.05) is 18.2 Å². The highest BCUT2D eigenvalue weighted by molar-refractivity contribution is 6.60. The van der Waals surface area contributed by atoms with E-state index in [2.05, 4.69) is 0 Å². The first kappa shape index (κ1) is 20.8. The molecule has 0 aliphatic rings.